The standard InChI is InChI=1S/C15H22N2O3S/c18-15-11-21(19,20)10-14(15)16-13-6-7-17(9-13)8-12-4-2-1-3-5-12/h1-5,13-16,18H,6-11H2/t13-,14+,15-/m0/s1. The van der Waals surface area contributed by atoms with Gasteiger partial charge in [-0.05, 0) is 12.0 Å². The van der Waals surface area contributed by atoms with Crippen LogP contribution in [-0.4, -0.2) is 61.2 Å². The van der Waals surface area contributed by atoms with E-state index in [9.17, 15) is 13.5 Å². The van der Waals surface area contributed by atoms with Crippen LogP contribution in [0.3, 0.4) is 0 Å². The number of aliphatic hydroxyl groups excluding tert-OH is 1. The van der Waals surface area contributed by atoms with Crippen LogP contribution in [0, 0.1) is 0 Å². The van der Waals surface area contributed by atoms with Gasteiger partial charge in [-0.25, -0.2) is 8.42 Å². The number of nitrogens with one attached hydrogen (secondary N) is 1. The Labute approximate surface area is 125 Å². The van der Waals surface area contributed by atoms with Crippen LogP contribution in [0.15, 0.2) is 30.3 Å². The first-order valence-corrected chi connectivity index (χ1v) is 9.25. The van der Waals surface area contributed by atoms with Crippen molar-refractivity contribution in [2.45, 2.75) is 31.2 Å². The summed E-state index contributed by atoms with van der Waals surface area (Å²) in [6.07, 6.45) is 0.231. The van der Waals surface area contributed by atoms with Crippen molar-refractivity contribution in [2.24, 2.45) is 0 Å². The molecule has 116 valence electrons. The Bertz CT molecular complexity index is 576. The molecule has 2 saturated heterocycles. The minimum atomic E-state index is -3.07. The van der Waals surface area contributed by atoms with Crippen molar-refractivity contribution in [3.8, 4) is 0 Å². The Morgan fingerprint density at radius 2 is 2.00 bits per heavy atom. The summed E-state index contributed by atoms with van der Waals surface area (Å²) in [4.78, 5) is 2.36. The summed E-state index contributed by atoms with van der Waals surface area (Å²) >= 11 is 0. The van der Waals surface area contributed by atoms with Crippen molar-refractivity contribution >= 4 is 9.84 Å². The maximum absolute atomic E-state index is 11.5. The van der Waals surface area contributed by atoms with Gasteiger partial charge >= 0.3 is 0 Å². The van der Waals surface area contributed by atoms with Crippen LogP contribution >= 0.6 is 0 Å². The lowest BCUT2D eigenvalue weighted by molar-refractivity contribution is 0.158. The van der Waals surface area contributed by atoms with Gasteiger partial charge in [-0.15, -0.1) is 0 Å². The van der Waals surface area contributed by atoms with Gasteiger partial charge in [-0.3, -0.25) is 4.90 Å². The maximum atomic E-state index is 11.5. The lowest BCUT2D eigenvalue weighted by Crippen LogP contribution is -2.46. The molecule has 0 saturated carbocycles. The number of likely N-dealkylation sites (tertiary alicyclic amines) is 1. The zero-order valence-corrected chi connectivity index (χ0v) is 12.8. The van der Waals surface area contributed by atoms with Gasteiger partial charge in [0, 0.05) is 31.7 Å². The van der Waals surface area contributed by atoms with Crippen molar-refractivity contribution in [3.05, 3.63) is 35.9 Å². The van der Waals surface area contributed by atoms with Crippen LogP contribution in [-0.2, 0) is 16.4 Å². The van der Waals surface area contributed by atoms with Crippen LogP contribution in [0.2, 0.25) is 0 Å². The molecule has 0 bridgehead atoms. The predicted molar refractivity (Wildman–Crippen MR) is 81.7 cm³/mol. The predicted octanol–water partition coefficient (Wildman–Crippen LogP) is 0.00840. The molecule has 3 atom stereocenters. The van der Waals surface area contributed by atoms with Crippen LogP contribution in [0.4, 0.5) is 0 Å². The van der Waals surface area contributed by atoms with Gasteiger partial charge in [0.2, 0.25) is 0 Å². The molecule has 0 spiro atoms. The van der Waals surface area contributed by atoms with E-state index < -0.39 is 15.9 Å². The fourth-order valence-electron chi connectivity index (χ4n) is 3.24. The topological polar surface area (TPSA) is 69.6 Å². The Morgan fingerprint density at radius 3 is 2.67 bits per heavy atom. The second kappa shape index (κ2) is 6.04. The molecule has 2 fully saturated rings. The van der Waals surface area contributed by atoms with Crippen LogP contribution in [0.1, 0.15) is 12.0 Å². The van der Waals surface area contributed by atoms with E-state index in [1.807, 2.05) is 18.2 Å². The van der Waals surface area contributed by atoms with E-state index in [1.165, 1.54) is 5.56 Å². The smallest absolute Gasteiger partial charge is 0.154 e. The fraction of sp³-hybridized carbons (Fsp3) is 0.600. The van der Waals surface area contributed by atoms with E-state index in [0.29, 0.717) is 0 Å². The monoisotopic (exact) mass is 310 g/mol. The highest BCUT2D eigenvalue weighted by Gasteiger charge is 2.38. The molecule has 0 radical (unpaired) electrons. The van der Waals surface area contributed by atoms with Crippen molar-refractivity contribution in [1.82, 2.24) is 10.2 Å². The van der Waals surface area contributed by atoms with E-state index in [-0.39, 0.29) is 23.6 Å². The van der Waals surface area contributed by atoms with Gasteiger partial charge in [-0.2, -0.15) is 0 Å². The largest absolute Gasteiger partial charge is 0.390 e. The van der Waals surface area contributed by atoms with Gasteiger partial charge in [-0.1, -0.05) is 30.3 Å². The van der Waals surface area contributed by atoms with E-state index >= 15 is 0 Å². The molecule has 3 rings (SSSR count). The number of rotatable bonds is 4. The SMILES string of the molecule is O=S1(=O)C[C@H](O)[C@H](N[C@H]2CCN(Cc3ccccc3)C2)C1. The minimum absolute atomic E-state index is 0.0589. The molecule has 2 N–H and O–H groups in total. The van der Waals surface area contributed by atoms with Crippen molar-refractivity contribution in [1.29, 1.82) is 0 Å². The molecule has 0 aromatic heterocycles. The fourth-order valence-corrected chi connectivity index (χ4v) is 5.00. The number of hydrogen-bond acceptors (Lipinski definition) is 5. The highest BCUT2D eigenvalue weighted by atomic mass is 32.2. The molecule has 1 aromatic carbocycles. The summed E-state index contributed by atoms with van der Waals surface area (Å²) in [5, 5.41) is 13.2. The van der Waals surface area contributed by atoms with Crippen molar-refractivity contribution < 1.29 is 13.5 Å². The third-order valence-electron chi connectivity index (χ3n) is 4.29. The molecule has 1 aromatic rings. The average Bonchev–Trinajstić information content (AvgIpc) is 2.95. The van der Waals surface area contributed by atoms with Crippen molar-refractivity contribution in [3.63, 3.8) is 0 Å². The van der Waals surface area contributed by atoms with E-state index in [4.69, 9.17) is 0 Å². The molecule has 21 heavy (non-hydrogen) atoms. The molecule has 5 nitrogen and oxygen atoms in total. The van der Waals surface area contributed by atoms with Gasteiger partial charge in [0.05, 0.1) is 17.6 Å². The second-order valence-electron chi connectivity index (χ2n) is 6.12. The van der Waals surface area contributed by atoms with E-state index in [1.54, 1.807) is 0 Å². The highest BCUT2D eigenvalue weighted by molar-refractivity contribution is 7.91. The Kier molecular flexibility index (Phi) is 4.31. The van der Waals surface area contributed by atoms with Gasteiger partial charge < -0.3 is 10.4 Å². The zero-order chi connectivity index (χ0) is 14.9. The molecule has 0 unspecified atom stereocenters. The molecule has 6 heteroatoms. The van der Waals surface area contributed by atoms with Gasteiger partial charge in [0.15, 0.2) is 9.84 Å². The Hall–Kier alpha value is -0.950. The molecular formula is C15H22N2O3S. The molecule has 0 aliphatic carbocycles. The second-order valence-corrected chi connectivity index (χ2v) is 8.28. The number of sulfone groups is 1. The number of aliphatic hydroxyl groups is 1. The molecule has 2 aliphatic heterocycles. The first kappa shape index (κ1) is 15.0. The Balaban J connectivity index is 1.51. The first-order chi connectivity index (χ1) is 10.0. The summed E-state index contributed by atoms with van der Waals surface area (Å²) in [7, 11) is -3.07. The number of benzene rings is 1. The molecule has 2 heterocycles. The number of hydrogen-bond donors (Lipinski definition) is 2. The van der Waals surface area contributed by atoms with E-state index in [2.05, 4.69) is 22.3 Å². The molecule has 2 aliphatic rings. The summed E-state index contributed by atoms with van der Waals surface area (Å²) in [5.74, 6) is -0.0472. The zero-order valence-electron chi connectivity index (χ0n) is 12.0. The lowest BCUT2D eigenvalue weighted by atomic mass is 10.1. The summed E-state index contributed by atoms with van der Waals surface area (Å²) < 4.78 is 23.0. The van der Waals surface area contributed by atoms with Gasteiger partial charge in [0.25, 0.3) is 0 Å². The van der Waals surface area contributed by atoms with Crippen LogP contribution in [0.5, 0.6) is 0 Å². The lowest BCUT2D eigenvalue weighted by Gasteiger charge is -2.21. The van der Waals surface area contributed by atoms with Crippen molar-refractivity contribution in [2.75, 3.05) is 24.6 Å². The minimum Gasteiger partial charge on any atom is -0.390 e. The normalized spacial score (nSPS) is 32.5. The van der Waals surface area contributed by atoms with Gasteiger partial charge in [0.1, 0.15) is 0 Å². The maximum Gasteiger partial charge on any atom is 0.154 e. The Morgan fingerprint density at radius 1 is 1.24 bits per heavy atom. The third-order valence-corrected chi connectivity index (χ3v) is 6.01. The van der Waals surface area contributed by atoms with Crippen LogP contribution in [0.25, 0.3) is 0 Å². The summed E-state index contributed by atoms with van der Waals surface area (Å²) in [5.41, 5.74) is 1.29. The molecular weight excluding hydrogens is 288 g/mol. The van der Waals surface area contributed by atoms with E-state index in [0.717, 1.165) is 26.1 Å². The highest BCUT2D eigenvalue weighted by Crippen LogP contribution is 2.18. The summed E-state index contributed by atoms with van der Waals surface area (Å²) in [6.45, 7) is 2.82. The first-order valence-electron chi connectivity index (χ1n) is 7.43. The molecule has 0 amide bonds. The quantitative estimate of drug-likeness (QED) is 0.820. The average molecular weight is 310 g/mol. The number of nitrogens with zero attached hydrogens (tertiary/aromatic N) is 1. The van der Waals surface area contributed by atoms with Crippen LogP contribution < -0.4 is 5.32 Å². The third kappa shape index (κ3) is 3.83. The summed E-state index contributed by atoms with van der Waals surface area (Å²) in [6, 6.07) is 10.3.